The van der Waals surface area contributed by atoms with Crippen LogP contribution in [0.15, 0.2) is 6.20 Å². The Kier molecular flexibility index (Phi) is 5.53. The third-order valence-corrected chi connectivity index (χ3v) is 3.70. The second-order valence-corrected chi connectivity index (χ2v) is 7.76. The second-order valence-electron chi connectivity index (χ2n) is 4.80. The number of carbonyl (C=O) groups excluding carboxylic acids is 1. The van der Waals surface area contributed by atoms with Crippen molar-refractivity contribution >= 4 is 46.0 Å². The Hall–Kier alpha value is -0.900. The molecule has 1 aromatic rings. The number of halogens is 1. The van der Waals surface area contributed by atoms with Crippen LogP contribution in [-0.4, -0.2) is 27.8 Å². The van der Waals surface area contributed by atoms with E-state index in [4.69, 9.17) is 9.84 Å². The summed E-state index contributed by atoms with van der Waals surface area (Å²) in [6, 6.07) is -0.680. The van der Waals surface area contributed by atoms with E-state index in [1.807, 2.05) is 0 Å². The molecule has 1 heterocycles. The molecule has 1 rings (SSSR count). The third kappa shape index (κ3) is 6.19. The van der Waals surface area contributed by atoms with Crippen LogP contribution in [0.2, 0.25) is 0 Å². The highest BCUT2D eigenvalue weighted by Gasteiger charge is 2.24. The Morgan fingerprint density at radius 2 is 2.21 bits per heavy atom. The van der Waals surface area contributed by atoms with Crippen molar-refractivity contribution in [3.8, 4) is 0 Å². The van der Waals surface area contributed by atoms with Gasteiger partial charge in [0.2, 0.25) is 0 Å². The van der Waals surface area contributed by atoms with E-state index >= 15 is 0 Å². The quantitative estimate of drug-likeness (QED) is 0.762. The largest absolute Gasteiger partial charge is 0.481 e. The number of carboxylic acids is 1. The van der Waals surface area contributed by atoms with E-state index < -0.39 is 23.7 Å². The first kappa shape index (κ1) is 16.2. The fourth-order valence-electron chi connectivity index (χ4n) is 1.25. The zero-order valence-corrected chi connectivity index (χ0v) is 13.7. The van der Waals surface area contributed by atoms with Gasteiger partial charge in [0.1, 0.15) is 10.6 Å². The maximum atomic E-state index is 11.7. The summed E-state index contributed by atoms with van der Waals surface area (Å²) in [7, 11) is 0. The third-order valence-electron chi connectivity index (χ3n) is 1.86. The normalized spacial score (nSPS) is 12.8. The molecule has 6 nitrogen and oxygen atoms in total. The van der Waals surface area contributed by atoms with Gasteiger partial charge in [0, 0.05) is 0 Å². The summed E-state index contributed by atoms with van der Waals surface area (Å²) in [6.07, 6.45) is 0.749. The van der Waals surface area contributed by atoms with E-state index in [1.54, 1.807) is 27.0 Å². The number of alkyl carbamates (subject to hydrolysis) is 1. The summed E-state index contributed by atoms with van der Waals surface area (Å²) in [5.74, 6) is -1.01. The Morgan fingerprint density at radius 1 is 1.58 bits per heavy atom. The Morgan fingerprint density at radius 3 is 2.63 bits per heavy atom. The molecule has 0 spiro atoms. The molecular formula is C11H15IN2O4S. The number of ether oxygens (including phenoxy) is 1. The predicted molar refractivity (Wildman–Crippen MR) is 79.2 cm³/mol. The Balaban J connectivity index is 2.76. The molecule has 2 N–H and O–H groups in total. The van der Waals surface area contributed by atoms with Gasteiger partial charge < -0.3 is 15.2 Å². The molecule has 0 unspecified atom stereocenters. The van der Waals surface area contributed by atoms with E-state index in [2.05, 4.69) is 32.9 Å². The van der Waals surface area contributed by atoms with Gasteiger partial charge in [-0.05, 0) is 43.4 Å². The number of nitrogens with zero attached hydrogens (tertiary/aromatic N) is 1. The van der Waals surface area contributed by atoms with Gasteiger partial charge in [-0.2, -0.15) is 0 Å². The van der Waals surface area contributed by atoms with Crippen LogP contribution in [0.4, 0.5) is 4.79 Å². The van der Waals surface area contributed by atoms with Crippen LogP contribution in [0.1, 0.15) is 38.2 Å². The smallest absolute Gasteiger partial charge is 0.408 e. The molecule has 0 aliphatic carbocycles. The van der Waals surface area contributed by atoms with Crippen molar-refractivity contribution in [1.82, 2.24) is 10.3 Å². The number of rotatable bonds is 4. The molecule has 106 valence electrons. The van der Waals surface area contributed by atoms with E-state index in [0.717, 1.165) is 2.88 Å². The summed E-state index contributed by atoms with van der Waals surface area (Å²) in [4.78, 5) is 26.6. The summed E-state index contributed by atoms with van der Waals surface area (Å²) in [6.45, 7) is 5.22. The van der Waals surface area contributed by atoms with Crippen LogP contribution in [0.25, 0.3) is 0 Å². The van der Waals surface area contributed by atoms with Crippen LogP contribution in [0, 0.1) is 2.88 Å². The molecule has 0 fully saturated rings. The zero-order chi connectivity index (χ0) is 14.6. The fraction of sp³-hybridized carbons (Fsp3) is 0.545. The molecule has 0 bridgehead atoms. The minimum absolute atomic E-state index is 0.233. The van der Waals surface area contributed by atoms with Crippen molar-refractivity contribution < 1.29 is 19.4 Å². The second kappa shape index (κ2) is 6.51. The number of amides is 1. The number of aliphatic carboxylic acids is 1. The topological polar surface area (TPSA) is 88.5 Å². The molecule has 1 aromatic heterocycles. The van der Waals surface area contributed by atoms with E-state index in [0.29, 0.717) is 5.01 Å². The number of hydrogen-bond donors (Lipinski definition) is 2. The lowest BCUT2D eigenvalue weighted by Gasteiger charge is -2.22. The average molecular weight is 398 g/mol. The summed E-state index contributed by atoms with van der Waals surface area (Å²) in [5.41, 5.74) is -0.630. The van der Waals surface area contributed by atoms with Crippen LogP contribution >= 0.6 is 33.9 Å². The fourth-order valence-corrected chi connectivity index (χ4v) is 2.76. The molecular weight excluding hydrogens is 383 g/mol. The van der Waals surface area contributed by atoms with Gasteiger partial charge >= 0.3 is 12.1 Å². The van der Waals surface area contributed by atoms with Crippen LogP contribution in [0.5, 0.6) is 0 Å². The first-order chi connectivity index (χ1) is 8.67. The molecule has 1 atom stereocenters. The molecule has 8 heteroatoms. The SMILES string of the molecule is CC(C)(C)OC(=O)N[C@@H](CC(=O)O)c1ncc(I)s1. The van der Waals surface area contributed by atoms with Crippen molar-refractivity contribution in [3.63, 3.8) is 0 Å². The van der Waals surface area contributed by atoms with Crippen LogP contribution in [0.3, 0.4) is 0 Å². The molecule has 0 radical (unpaired) electrons. The lowest BCUT2D eigenvalue weighted by atomic mass is 10.2. The standard InChI is InChI=1S/C11H15IN2O4S/c1-11(2,3)18-10(17)14-6(4-8(15)16)9-13-5-7(12)19-9/h5-6H,4H2,1-3H3,(H,14,17)(H,15,16)/t6-/m0/s1. The Labute approximate surface area is 128 Å². The highest BCUT2D eigenvalue weighted by molar-refractivity contribution is 14.1. The molecule has 0 aliphatic heterocycles. The minimum Gasteiger partial charge on any atom is -0.481 e. The van der Waals surface area contributed by atoms with Crippen molar-refractivity contribution in [2.45, 2.75) is 38.8 Å². The average Bonchev–Trinajstić information content (AvgIpc) is 2.60. The molecule has 0 saturated heterocycles. The maximum absolute atomic E-state index is 11.7. The minimum atomic E-state index is -1.01. The lowest BCUT2D eigenvalue weighted by Crippen LogP contribution is -2.35. The highest BCUT2D eigenvalue weighted by atomic mass is 127. The van der Waals surface area contributed by atoms with Gasteiger partial charge in [-0.3, -0.25) is 4.79 Å². The number of carboxylic acid groups (broad SMARTS) is 1. The van der Waals surface area contributed by atoms with E-state index in [1.165, 1.54) is 11.3 Å². The summed E-state index contributed by atoms with van der Waals surface area (Å²) < 4.78 is 6.04. The van der Waals surface area contributed by atoms with E-state index in [9.17, 15) is 9.59 Å². The number of carbonyl (C=O) groups is 2. The summed E-state index contributed by atoms with van der Waals surface area (Å²) in [5, 5.41) is 12.0. The van der Waals surface area contributed by atoms with Crippen molar-refractivity contribution in [1.29, 1.82) is 0 Å². The molecule has 1 amide bonds. The summed E-state index contributed by atoms with van der Waals surface area (Å²) >= 11 is 3.43. The van der Waals surface area contributed by atoms with Gasteiger partial charge in [0.05, 0.1) is 21.5 Å². The lowest BCUT2D eigenvalue weighted by molar-refractivity contribution is -0.137. The number of aromatic nitrogens is 1. The number of thiazole rings is 1. The number of hydrogen-bond acceptors (Lipinski definition) is 5. The zero-order valence-electron chi connectivity index (χ0n) is 10.8. The van der Waals surface area contributed by atoms with Crippen LogP contribution < -0.4 is 5.32 Å². The number of nitrogens with one attached hydrogen (secondary N) is 1. The first-order valence-corrected chi connectivity index (χ1v) is 7.39. The highest BCUT2D eigenvalue weighted by Crippen LogP contribution is 2.24. The van der Waals surface area contributed by atoms with Gasteiger partial charge in [-0.1, -0.05) is 0 Å². The van der Waals surface area contributed by atoms with Gasteiger partial charge in [-0.25, -0.2) is 9.78 Å². The van der Waals surface area contributed by atoms with Gasteiger partial charge in [0.15, 0.2) is 0 Å². The molecule has 0 aliphatic rings. The van der Waals surface area contributed by atoms with Crippen molar-refractivity contribution in [2.24, 2.45) is 0 Å². The van der Waals surface area contributed by atoms with Gasteiger partial charge in [0.25, 0.3) is 0 Å². The van der Waals surface area contributed by atoms with Crippen molar-refractivity contribution in [3.05, 3.63) is 14.1 Å². The van der Waals surface area contributed by atoms with Crippen LogP contribution in [-0.2, 0) is 9.53 Å². The first-order valence-electron chi connectivity index (χ1n) is 5.50. The molecule has 0 saturated carbocycles. The predicted octanol–water partition coefficient (Wildman–Crippen LogP) is 2.79. The molecule has 19 heavy (non-hydrogen) atoms. The van der Waals surface area contributed by atoms with Gasteiger partial charge in [-0.15, -0.1) is 11.3 Å². The van der Waals surface area contributed by atoms with E-state index in [-0.39, 0.29) is 6.42 Å². The monoisotopic (exact) mass is 398 g/mol. The molecule has 0 aromatic carbocycles. The van der Waals surface area contributed by atoms with Crippen molar-refractivity contribution in [2.75, 3.05) is 0 Å². The maximum Gasteiger partial charge on any atom is 0.408 e. The Bertz CT molecular complexity index is 470.